The molecule has 1 unspecified atom stereocenters. The summed E-state index contributed by atoms with van der Waals surface area (Å²) in [4.78, 5) is 12.0. The molecule has 1 aromatic carbocycles. The number of benzene rings is 1. The Kier molecular flexibility index (Phi) is 6.48. The first kappa shape index (κ1) is 14.7. The summed E-state index contributed by atoms with van der Waals surface area (Å²) in [7, 11) is 0. The Morgan fingerprint density at radius 2 is 2.11 bits per heavy atom. The maximum Gasteiger partial charge on any atom is 0.137 e. The van der Waals surface area contributed by atoms with E-state index >= 15 is 0 Å². The average molecular weight is 247 g/mol. The number of nitrogens with two attached hydrogens (primary N) is 1. The highest BCUT2D eigenvalue weighted by Crippen LogP contribution is 2.18. The number of hydrogen-bond acceptors (Lipinski definition) is 2. The minimum absolute atomic E-state index is 0.337. The molecule has 2 nitrogen and oxygen atoms in total. The van der Waals surface area contributed by atoms with Crippen LogP contribution in [0.5, 0.6) is 0 Å². The molecule has 2 heteroatoms. The van der Waals surface area contributed by atoms with Crippen LogP contribution < -0.4 is 5.73 Å². The predicted molar refractivity (Wildman–Crippen MR) is 77.5 cm³/mol. The molecule has 0 heterocycles. The zero-order chi connectivity index (χ0) is 13.4. The Labute approximate surface area is 111 Å². The first-order chi connectivity index (χ1) is 8.65. The number of carbonyl (C=O) groups is 1. The second-order valence-corrected chi connectivity index (χ2v) is 5.08. The summed E-state index contributed by atoms with van der Waals surface area (Å²) in [6, 6.07) is 7.63. The lowest BCUT2D eigenvalue weighted by Crippen LogP contribution is -2.10. The van der Waals surface area contributed by atoms with E-state index in [0.29, 0.717) is 24.5 Å². The van der Waals surface area contributed by atoms with E-state index in [9.17, 15) is 4.79 Å². The van der Waals surface area contributed by atoms with Gasteiger partial charge in [0.25, 0.3) is 0 Å². The molecule has 0 aliphatic carbocycles. The summed E-state index contributed by atoms with van der Waals surface area (Å²) in [5.41, 5.74) is 7.48. The van der Waals surface area contributed by atoms with E-state index in [4.69, 9.17) is 5.73 Å². The summed E-state index contributed by atoms with van der Waals surface area (Å²) in [5, 5.41) is 0. The van der Waals surface area contributed by atoms with Crippen LogP contribution in [0.25, 0.3) is 0 Å². The van der Waals surface area contributed by atoms with Crippen LogP contribution in [0.3, 0.4) is 0 Å². The van der Waals surface area contributed by atoms with Crippen LogP contribution in [0, 0.1) is 5.92 Å². The number of Topliss-reactive ketones (excluding diaryl/α,β-unsaturated/α-hetero) is 1. The highest BCUT2D eigenvalue weighted by atomic mass is 16.1. The smallest absolute Gasteiger partial charge is 0.137 e. The molecule has 0 aliphatic heterocycles. The fraction of sp³-hybridized carbons (Fsp3) is 0.562. The molecule has 1 aromatic rings. The van der Waals surface area contributed by atoms with E-state index in [2.05, 4.69) is 13.8 Å². The molecular weight excluding hydrogens is 222 g/mol. The highest BCUT2D eigenvalue weighted by Gasteiger charge is 2.12. The van der Waals surface area contributed by atoms with Crippen molar-refractivity contribution in [1.29, 1.82) is 0 Å². The molecule has 100 valence electrons. The molecule has 0 amide bonds. The van der Waals surface area contributed by atoms with E-state index in [1.165, 1.54) is 19.3 Å². The lowest BCUT2D eigenvalue weighted by atomic mass is 9.92. The fourth-order valence-corrected chi connectivity index (χ4v) is 2.27. The van der Waals surface area contributed by atoms with Crippen LogP contribution in [0.1, 0.15) is 51.5 Å². The molecule has 0 fully saturated rings. The molecule has 0 aromatic heterocycles. The topological polar surface area (TPSA) is 43.1 Å². The normalized spacial score (nSPS) is 12.3. The molecule has 0 saturated carbocycles. The molecule has 0 spiro atoms. The molecule has 18 heavy (non-hydrogen) atoms. The third kappa shape index (κ3) is 5.35. The van der Waals surface area contributed by atoms with Crippen LogP contribution >= 0.6 is 0 Å². The minimum Gasteiger partial charge on any atom is -0.399 e. The van der Waals surface area contributed by atoms with Gasteiger partial charge in [-0.2, -0.15) is 0 Å². The Morgan fingerprint density at radius 3 is 2.72 bits per heavy atom. The summed E-state index contributed by atoms with van der Waals surface area (Å²) >= 11 is 0. The minimum atomic E-state index is 0.337. The van der Waals surface area contributed by atoms with E-state index < -0.39 is 0 Å². The second kappa shape index (κ2) is 7.91. The van der Waals surface area contributed by atoms with Gasteiger partial charge in [0.2, 0.25) is 0 Å². The zero-order valence-electron chi connectivity index (χ0n) is 11.6. The average Bonchev–Trinajstić information content (AvgIpc) is 2.34. The molecule has 2 N–H and O–H groups in total. The maximum absolute atomic E-state index is 12.0. The standard InChI is InChI=1S/C16H25NO/c1-3-5-7-13(4-2)11-16(18)12-14-8-6-9-15(17)10-14/h6,8-10,13H,3-5,7,11-12,17H2,1-2H3. The molecular formula is C16H25NO. The Balaban J connectivity index is 2.45. The van der Waals surface area contributed by atoms with Crippen molar-refractivity contribution in [3.63, 3.8) is 0 Å². The number of nitrogen functional groups attached to an aromatic ring is 1. The first-order valence-electron chi connectivity index (χ1n) is 7.01. The Hall–Kier alpha value is -1.31. The molecule has 1 rings (SSSR count). The van der Waals surface area contributed by atoms with Gasteiger partial charge in [0.05, 0.1) is 0 Å². The van der Waals surface area contributed by atoms with Gasteiger partial charge >= 0.3 is 0 Å². The number of rotatable bonds is 8. The van der Waals surface area contributed by atoms with Crippen molar-refractivity contribution in [3.05, 3.63) is 29.8 Å². The van der Waals surface area contributed by atoms with Crippen LogP contribution in [-0.2, 0) is 11.2 Å². The number of unbranched alkanes of at least 4 members (excludes halogenated alkanes) is 1. The monoisotopic (exact) mass is 247 g/mol. The van der Waals surface area contributed by atoms with Gasteiger partial charge in [0.15, 0.2) is 0 Å². The third-order valence-corrected chi connectivity index (χ3v) is 3.41. The highest BCUT2D eigenvalue weighted by molar-refractivity contribution is 5.81. The SMILES string of the molecule is CCCCC(CC)CC(=O)Cc1cccc(N)c1. The van der Waals surface area contributed by atoms with Gasteiger partial charge < -0.3 is 5.73 Å². The quantitative estimate of drug-likeness (QED) is 0.706. The lowest BCUT2D eigenvalue weighted by molar-refractivity contribution is -0.119. The molecule has 1 atom stereocenters. The van der Waals surface area contributed by atoms with Crippen molar-refractivity contribution in [2.24, 2.45) is 5.92 Å². The van der Waals surface area contributed by atoms with Gasteiger partial charge in [-0.3, -0.25) is 4.79 Å². The summed E-state index contributed by atoms with van der Waals surface area (Å²) in [6.45, 7) is 4.37. The van der Waals surface area contributed by atoms with Gasteiger partial charge in [-0.05, 0) is 23.6 Å². The Morgan fingerprint density at radius 1 is 1.33 bits per heavy atom. The summed E-state index contributed by atoms with van der Waals surface area (Å²) in [5.74, 6) is 0.891. The summed E-state index contributed by atoms with van der Waals surface area (Å²) in [6.07, 6.45) is 5.95. The largest absolute Gasteiger partial charge is 0.399 e. The molecule has 0 radical (unpaired) electrons. The van der Waals surface area contributed by atoms with E-state index in [1.54, 1.807) is 0 Å². The van der Waals surface area contributed by atoms with Gasteiger partial charge in [-0.25, -0.2) is 0 Å². The van der Waals surface area contributed by atoms with Crippen LogP contribution in [-0.4, -0.2) is 5.78 Å². The van der Waals surface area contributed by atoms with Crippen LogP contribution in [0.4, 0.5) is 5.69 Å². The van der Waals surface area contributed by atoms with Crippen molar-refractivity contribution < 1.29 is 4.79 Å². The van der Waals surface area contributed by atoms with Crippen molar-refractivity contribution in [3.8, 4) is 0 Å². The predicted octanol–water partition coefficient (Wildman–Crippen LogP) is 3.99. The second-order valence-electron chi connectivity index (χ2n) is 5.08. The molecule has 0 bridgehead atoms. The molecule has 0 saturated heterocycles. The van der Waals surface area contributed by atoms with Crippen molar-refractivity contribution >= 4 is 11.5 Å². The van der Waals surface area contributed by atoms with Crippen molar-refractivity contribution in [2.75, 3.05) is 5.73 Å². The maximum atomic E-state index is 12.0. The van der Waals surface area contributed by atoms with Crippen molar-refractivity contribution in [2.45, 2.75) is 52.4 Å². The van der Waals surface area contributed by atoms with E-state index in [-0.39, 0.29) is 0 Å². The zero-order valence-corrected chi connectivity index (χ0v) is 11.6. The van der Waals surface area contributed by atoms with Crippen LogP contribution in [0.15, 0.2) is 24.3 Å². The Bertz CT molecular complexity index is 373. The van der Waals surface area contributed by atoms with Gasteiger partial charge in [0.1, 0.15) is 5.78 Å². The van der Waals surface area contributed by atoms with E-state index in [1.807, 2.05) is 24.3 Å². The van der Waals surface area contributed by atoms with Gasteiger partial charge in [0, 0.05) is 18.5 Å². The molecule has 0 aliphatic rings. The van der Waals surface area contributed by atoms with Gasteiger partial charge in [-0.15, -0.1) is 0 Å². The van der Waals surface area contributed by atoms with Gasteiger partial charge in [-0.1, -0.05) is 51.7 Å². The third-order valence-electron chi connectivity index (χ3n) is 3.41. The number of carbonyl (C=O) groups excluding carboxylic acids is 1. The lowest BCUT2D eigenvalue weighted by Gasteiger charge is -2.13. The first-order valence-corrected chi connectivity index (χ1v) is 7.01. The number of anilines is 1. The van der Waals surface area contributed by atoms with Crippen molar-refractivity contribution in [1.82, 2.24) is 0 Å². The number of hydrogen-bond donors (Lipinski definition) is 1. The fourth-order valence-electron chi connectivity index (χ4n) is 2.27. The number of ketones is 1. The van der Waals surface area contributed by atoms with Crippen LogP contribution in [0.2, 0.25) is 0 Å². The summed E-state index contributed by atoms with van der Waals surface area (Å²) < 4.78 is 0. The van der Waals surface area contributed by atoms with E-state index in [0.717, 1.165) is 17.7 Å².